The summed E-state index contributed by atoms with van der Waals surface area (Å²) in [5.74, 6) is -1.62. The van der Waals surface area contributed by atoms with Crippen LogP contribution in [0.5, 0.6) is 0 Å². The second-order valence-electron chi connectivity index (χ2n) is 8.34. The van der Waals surface area contributed by atoms with Gasteiger partial charge in [-0.3, -0.25) is 9.59 Å². The topological polar surface area (TPSA) is 86.9 Å². The maximum Gasteiger partial charge on any atom is 0.254 e. The van der Waals surface area contributed by atoms with Crippen LogP contribution in [0.3, 0.4) is 0 Å². The van der Waals surface area contributed by atoms with Crippen molar-refractivity contribution in [3.05, 3.63) is 35.9 Å². The minimum Gasteiger partial charge on any atom is -0.393 e. The molecule has 2 amide bonds. The number of primary amides is 1. The predicted molar refractivity (Wildman–Crippen MR) is 111 cm³/mol. The number of aliphatic hydroxyl groups is 1. The number of aliphatic hydroxyl groups excluding tert-OH is 1. The third-order valence-corrected chi connectivity index (χ3v) is 5.81. The highest BCUT2D eigenvalue weighted by Crippen LogP contribution is 2.26. The summed E-state index contributed by atoms with van der Waals surface area (Å²) < 4.78 is 14.4. The quantitative estimate of drug-likeness (QED) is 0.619. The van der Waals surface area contributed by atoms with E-state index in [9.17, 15) is 19.1 Å². The number of likely N-dealkylation sites (N-methyl/N-ethyl adjacent to an activating group) is 1. The molecule has 0 saturated carbocycles. The first-order valence-corrected chi connectivity index (χ1v) is 10.4. The van der Waals surface area contributed by atoms with Gasteiger partial charge in [-0.25, -0.2) is 4.39 Å². The van der Waals surface area contributed by atoms with Crippen molar-refractivity contribution < 1.29 is 19.1 Å². The summed E-state index contributed by atoms with van der Waals surface area (Å²) >= 11 is 0. The number of benzene rings is 1. The van der Waals surface area contributed by atoms with Crippen LogP contribution in [0.2, 0.25) is 0 Å². The van der Waals surface area contributed by atoms with Crippen LogP contribution < -0.4 is 5.73 Å². The Morgan fingerprint density at radius 3 is 2.38 bits per heavy atom. The molecule has 0 spiro atoms. The third-order valence-electron chi connectivity index (χ3n) is 5.81. The molecule has 1 saturated heterocycles. The van der Waals surface area contributed by atoms with Crippen molar-refractivity contribution >= 4 is 11.8 Å². The molecule has 29 heavy (non-hydrogen) atoms. The minimum absolute atomic E-state index is 0.0721. The molecule has 0 bridgehead atoms. The van der Waals surface area contributed by atoms with Crippen LogP contribution >= 0.6 is 0 Å². The highest BCUT2D eigenvalue weighted by atomic mass is 19.1. The zero-order chi connectivity index (χ0) is 21.4. The molecule has 0 aliphatic carbocycles. The maximum absolute atomic E-state index is 14.4. The standard InChI is InChI=1S/C22H34FN3O3/c1-22(23,21(24)29)11-10-18(20(28)26-14-12-25(2)13-15-26)16-19(27)9-8-17-6-4-3-5-7-17/h3-7,18-19,27H,8-16H2,1-2H3,(H2,24,29)/t18-,19+,22?/m1/s1. The molecule has 1 aromatic carbocycles. The van der Waals surface area contributed by atoms with Crippen LogP contribution in [-0.4, -0.2) is 71.7 Å². The number of hydrogen-bond donors (Lipinski definition) is 2. The number of rotatable bonds is 10. The number of aryl methyl sites for hydroxylation is 1. The second-order valence-corrected chi connectivity index (χ2v) is 8.34. The monoisotopic (exact) mass is 407 g/mol. The average Bonchev–Trinajstić information content (AvgIpc) is 2.70. The van der Waals surface area contributed by atoms with Gasteiger partial charge in [0.05, 0.1) is 6.10 Å². The molecule has 0 radical (unpaired) electrons. The van der Waals surface area contributed by atoms with E-state index in [0.717, 1.165) is 25.6 Å². The predicted octanol–water partition coefficient (Wildman–Crippen LogP) is 1.75. The maximum atomic E-state index is 14.4. The Hall–Kier alpha value is -1.99. The van der Waals surface area contributed by atoms with Crippen molar-refractivity contribution in [2.45, 2.75) is 50.8 Å². The molecule has 1 aliphatic heterocycles. The van der Waals surface area contributed by atoms with Gasteiger partial charge in [0.1, 0.15) is 0 Å². The summed E-state index contributed by atoms with van der Waals surface area (Å²) in [7, 11) is 2.01. The van der Waals surface area contributed by atoms with E-state index < -0.39 is 23.6 Å². The molecule has 1 heterocycles. The van der Waals surface area contributed by atoms with Crippen molar-refractivity contribution in [3.8, 4) is 0 Å². The number of piperazine rings is 1. The molecule has 3 N–H and O–H groups in total. The van der Waals surface area contributed by atoms with Gasteiger partial charge in [0, 0.05) is 32.1 Å². The molecule has 1 aliphatic rings. The van der Waals surface area contributed by atoms with Crippen molar-refractivity contribution in [1.82, 2.24) is 9.80 Å². The smallest absolute Gasteiger partial charge is 0.254 e. The van der Waals surface area contributed by atoms with Gasteiger partial charge < -0.3 is 20.6 Å². The third kappa shape index (κ3) is 7.40. The van der Waals surface area contributed by atoms with Crippen LogP contribution in [0.1, 0.15) is 38.2 Å². The SMILES string of the molecule is CN1CCN(C(=O)[C@H](CCC(C)(F)C(N)=O)C[C@@H](O)CCc2ccccc2)CC1. The highest BCUT2D eigenvalue weighted by Gasteiger charge is 2.34. The lowest BCUT2D eigenvalue weighted by atomic mass is 9.88. The lowest BCUT2D eigenvalue weighted by Gasteiger charge is -2.35. The Kier molecular flexibility index (Phi) is 8.59. The van der Waals surface area contributed by atoms with Crippen LogP contribution in [0.25, 0.3) is 0 Å². The van der Waals surface area contributed by atoms with E-state index in [1.54, 1.807) is 4.90 Å². The number of amides is 2. The molecule has 1 aromatic rings. The van der Waals surface area contributed by atoms with Gasteiger partial charge in [-0.2, -0.15) is 0 Å². The normalized spacial score (nSPS) is 19.4. The molecule has 0 aromatic heterocycles. The second kappa shape index (κ2) is 10.7. The number of nitrogens with two attached hydrogens (primary N) is 1. The summed E-state index contributed by atoms with van der Waals surface area (Å²) in [6, 6.07) is 9.85. The zero-order valence-electron chi connectivity index (χ0n) is 17.5. The Bertz CT molecular complexity index is 661. The first-order valence-electron chi connectivity index (χ1n) is 10.4. The lowest BCUT2D eigenvalue weighted by Crippen LogP contribution is -2.49. The molecule has 1 fully saturated rings. The van der Waals surface area contributed by atoms with Crippen LogP contribution in [-0.2, 0) is 16.0 Å². The molecule has 162 valence electrons. The van der Waals surface area contributed by atoms with Gasteiger partial charge in [-0.05, 0) is 51.6 Å². The van der Waals surface area contributed by atoms with Gasteiger partial charge in [0.25, 0.3) is 5.91 Å². The summed E-state index contributed by atoms with van der Waals surface area (Å²) in [6.45, 7) is 3.97. The van der Waals surface area contributed by atoms with Crippen LogP contribution in [0.4, 0.5) is 4.39 Å². The molecular weight excluding hydrogens is 373 g/mol. The zero-order valence-corrected chi connectivity index (χ0v) is 17.5. The van der Waals surface area contributed by atoms with Crippen LogP contribution in [0.15, 0.2) is 30.3 Å². The van der Waals surface area contributed by atoms with Crippen molar-refractivity contribution in [2.75, 3.05) is 33.2 Å². The van der Waals surface area contributed by atoms with Crippen molar-refractivity contribution in [2.24, 2.45) is 11.7 Å². The van der Waals surface area contributed by atoms with E-state index in [1.165, 1.54) is 0 Å². The fourth-order valence-electron chi connectivity index (χ4n) is 3.62. The number of alkyl halides is 1. The molecular formula is C22H34FN3O3. The van der Waals surface area contributed by atoms with Crippen molar-refractivity contribution in [1.29, 1.82) is 0 Å². The van der Waals surface area contributed by atoms with Gasteiger partial charge in [-0.15, -0.1) is 0 Å². The van der Waals surface area contributed by atoms with E-state index in [2.05, 4.69) is 4.90 Å². The Morgan fingerprint density at radius 1 is 1.17 bits per heavy atom. The van der Waals surface area contributed by atoms with Crippen LogP contribution in [0, 0.1) is 5.92 Å². The number of carbonyl (C=O) groups is 2. The number of hydrogen-bond acceptors (Lipinski definition) is 4. The summed E-state index contributed by atoms with van der Waals surface area (Å²) in [4.78, 5) is 28.3. The Balaban J connectivity index is 1.98. The largest absolute Gasteiger partial charge is 0.393 e. The lowest BCUT2D eigenvalue weighted by molar-refractivity contribution is -0.139. The van der Waals surface area contributed by atoms with Gasteiger partial charge >= 0.3 is 0 Å². The minimum atomic E-state index is -2.16. The van der Waals surface area contributed by atoms with Crippen molar-refractivity contribution in [3.63, 3.8) is 0 Å². The van der Waals surface area contributed by atoms with Gasteiger partial charge in [0.2, 0.25) is 5.91 Å². The van der Waals surface area contributed by atoms with Gasteiger partial charge in [-0.1, -0.05) is 30.3 Å². The molecule has 3 atom stereocenters. The fraction of sp³-hybridized carbons (Fsp3) is 0.636. The Labute approximate surface area is 172 Å². The Morgan fingerprint density at radius 2 is 1.79 bits per heavy atom. The average molecular weight is 408 g/mol. The number of nitrogens with zero attached hydrogens (tertiary/aromatic N) is 2. The van der Waals surface area contributed by atoms with E-state index in [-0.39, 0.29) is 25.2 Å². The molecule has 6 nitrogen and oxygen atoms in total. The summed E-state index contributed by atoms with van der Waals surface area (Å²) in [6.07, 6.45) is 0.878. The summed E-state index contributed by atoms with van der Waals surface area (Å²) in [5.41, 5.74) is 4.11. The fourth-order valence-corrected chi connectivity index (χ4v) is 3.62. The van der Waals surface area contributed by atoms with Gasteiger partial charge in [0.15, 0.2) is 5.67 Å². The van der Waals surface area contributed by atoms with E-state index in [4.69, 9.17) is 5.73 Å². The van der Waals surface area contributed by atoms with E-state index in [0.29, 0.717) is 25.9 Å². The molecule has 2 rings (SSSR count). The molecule has 1 unspecified atom stereocenters. The number of halogens is 1. The van der Waals surface area contributed by atoms with E-state index in [1.807, 2.05) is 37.4 Å². The molecule has 7 heteroatoms. The first-order chi connectivity index (χ1) is 13.7. The summed E-state index contributed by atoms with van der Waals surface area (Å²) in [5, 5.41) is 10.5. The first kappa shape index (κ1) is 23.3. The van der Waals surface area contributed by atoms with E-state index >= 15 is 0 Å². The number of carbonyl (C=O) groups excluding carboxylic acids is 2. The highest BCUT2D eigenvalue weighted by molar-refractivity contribution is 5.83.